The molecule has 0 fully saturated rings. The monoisotopic (exact) mass is 899 g/mol. The molecule has 0 atom stereocenters. The van der Waals surface area contributed by atoms with Crippen LogP contribution in [0.1, 0.15) is 11.1 Å². The zero-order valence-electron chi connectivity index (χ0n) is 34.6. The number of fused-ring (bicyclic) bond motifs is 6. The Morgan fingerprint density at radius 1 is 0.323 bits per heavy atom. The van der Waals surface area contributed by atoms with E-state index in [4.69, 9.17) is 39.8 Å². The van der Waals surface area contributed by atoms with Crippen LogP contribution < -0.4 is 0 Å². The van der Waals surface area contributed by atoms with Gasteiger partial charge in [0.25, 0.3) is 0 Å². The zero-order chi connectivity index (χ0) is 44.1. The number of benzene rings is 8. The Morgan fingerprint density at radius 3 is 1.22 bits per heavy atom. The fourth-order valence-electron chi connectivity index (χ4n) is 8.18. The molecule has 8 aromatic carbocycles. The first kappa shape index (κ1) is 41.5. The van der Waals surface area contributed by atoms with Gasteiger partial charge in [0.05, 0.1) is 11.0 Å². The van der Waals surface area contributed by atoms with Gasteiger partial charge in [0.15, 0.2) is 11.6 Å². The minimum absolute atomic E-state index is 0.0881. The summed E-state index contributed by atoms with van der Waals surface area (Å²) in [5, 5.41) is 2.63. The van der Waals surface area contributed by atoms with Gasteiger partial charge in [0, 0.05) is 21.9 Å². The number of rotatable bonds is 5. The summed E-state index contributed by atoms with van der Waals surface area (Å²) >= 11 is 18.0. The zero-order valence-corrected chi connectivity index (χ0v) is 36.9. The normalized spacial score (nSPS) is 11.2. The van der Waals surface area contributed by atoms with Crippen LogP contribution in [0.5, 0.6) is 0 Å². The lowest BCUT2D eigenvalue weighted by Crippen LogP contribution is -2.04. The highest BCUT2D eigenvalue weighted by molar-refractivity contribution is 6.31. The minimum Gasteiger partial charge on any atom is -0.278 e. The summed E-state index contributed by atoms with van der Waals surface area (Å²) in [4.78, 5) is 25.7. The summed E-state index contributed by atoms with van der Waals surface area (Å²) in [5.41, 5.74) is 14.0. The summed E-state index contributed by atoms with van der Waals surface area (Å²) in [5.74, 6) is 1.51. The first-order valence-corrected chi connectivity index (χ1v) is 22.0. The van der Waals surface area contributed by atoms with Crippen LogP contribution >= 0.6 is 34.8 Å². The summed E-state index contributed by atoms with van der Waals surface area (Å²) < 4.78 is 2.04. The van der Waals surface area contributed by atoms with Crippen LogP contribution in [0.3, 0.4) is 0 Å². The summed E-state index contributed by atoms with van der Waals surface area (Å²) in [6, 6.07) is 70.2. The second kappa shape index (κ2) is 18.7. The van der Waals surface area contributed by atoms with Crippen molar-refractivity contribution in [3.05, 3.63) is 233 Å². The lowest BCUT2D eigenvalue weighted by atomic mass is 10.0. The molecule has 7 nitrogen and oxygen atoms in total. The maximum atomic E-state index is 6.40. The average molecular weight is 901 g/mol. The predicted molar refractivity (Wildman–Crippen MR) is 265 cm³/mol. The number of hydrogen-bond acceptors (Lipinski definition) is 6. The molecule has 3 aromatic heterocycles. The van der Waals surface area contributed by atoms with Gasteiger partial charge in [-0.3, -0.25) is 4.57 Å². The smallest absolute Gasteiger partial charge is 0.239 e. The third-order valence-electron chi connectivity index (χ3n) is 11.1. The molecule has 10 heteroatoms. The van der Waals surface area contributed by atoms with E-state index < -0.39 is 0 Å². The van der Waals surface area contributed by atoms with E-state index in [1.165, 1.54) is 22.3 Å². The molecule has 0 bridgehead atoms. The van der Waals surface area contributed by atoms with E-state index in [1.807, 2.05) is 114 Å². The van der Waals surface area contributed by atoms with E-state index in [0.29, 0.717) is 17.6 Å². The Hall–Kier alpha value is -7.55. The minimum atomic E-state index is 0.0881. The Labute approximate surface area is 390 Å². The van der Waals surface area contributed by atoms with Gasteiger partial charge in [-0.1, -0.05) is 182 Å². The molecule has 1 aliphatic rings. The number of para-hydroxylation sites is 2. The molecule has 0 saturated heterocycles. The molecule has 0 N–H and O–H groups in total. The van der Waals surface area contributed by atoms with Gasteiger partial charge < -0.3 is 0 Å². The Morgan fingerprint density at radius 2 is 0.708 bits per heavy atom. The van der Waals surface area contributed by atoms with Crippen molar-refractivity contribution >= 4 is 56.6 Å². The van der Waals surface area contributed by atoms with Crippen molar-refractivity contribution < 1.29 is 0 Å². The number of halogens is 3. The van der Waals surface area contributed by atoms with Crippen LogP contribution in [0.2, 0.25) is 15.9 Å². The third-order valence-corrected chi connectivity index (χ3v) is 11.6. The van der Waals surface area contributed by atoms with Crippen LogP contribution in [-0.2, 0) is 6.42 Å². The molecule has 0 radical (unpaired) electrons. The summed E-state index contributed by atoms with van der Waals surface area (Å²) in [6.07, 6.45) is 1.10. The van der Waals surface area contributed by atoms with E-state index >= 15 is 0 Å². The molecule has 0 unspecified atom stereocenters. The highest BCUT2D eigenvalue weighted by Gasteiger charge is 2.18. The van der Waals surface area contributed by atoms with Crippen molar-refractivity contribution in [1.82, 2.24) is 34.5 Å². The van der Waals surface area contributed by atoms with Gasteiger partial charge in [-0.05, 0) is 110 Å². The number of nitrogens with zero attached hydrogens (tertiary/aromatic N) is 7. The van der Waals surface area contributed by atoms with Gasteiger partial charge in [0.2, 0.25) is 21.8 Å². The Bertz CT molecular complexity index is 3350. The Balaban J connectivity index is 0.000000128. The maximum absolute atomic E-state index is 6.40. The van der Waals surface area contributed by atoms with Crippen LogP contribution in [0.25, 0.3) is 83.9 Å². The summed E-state index contributed by atoms with van der Waals surface area (Å²) in [7, 11) is 0. The van der Waals surface area contributed by atoms with Crippen LogP contribution in [0, 0.1) is 0 Å². The molecule has 11 aromatic rings. The second-order valence-corrected chi connectivity index (χ2v) is 16.2. The number of hydrogen-bond donors (Lipinski definition) is 0. The summed E-state index contributed by atoms with van der Waals surface area (Å²) in [6.45, 7) is 0. The maximum Gasteiger partial charge on any atom is 0.239 e. The quantitative estimate of drug-likeness (QED) is 0.171. The standard InChI is InChI=1S/C27H17ClN4.C15H9Cl2N3.C13H10/c28-26-29-25(20-12-8-11-19(17-20)18-9-2-1-3-10-18)30-27(31-26)32-23-15-6-4-13-21(23)22-14-5-7-16-24(22)32;16-14-18-13(19-15(17)20-14)12-8-4-7-11(9-12)10-5-2-1-3-6-10;1-3-7-12-10(5-1)9-11-6-2-4-8-13(11)12/h1-17H;1-9H;1-8H,9H2. The fourth-order valence-corrected chi connectivity index (χ4v) is 8.70. The lowest BCUT2D eigenvalue weighted by molar-refractivity contribution is 0.947. The second-order valence-electron chi connectivity index (χ2n) is 15.2. The topological polar surface area (TPSA) is 82.3 Å². The van der Waals surface area contributed by atoms with Crippen molar-refractivity contribution in [2.24, 2.45) is 0 Å². The average Bonchev–Trinajstić information content (AvgIpc) is 3.91. The van der Waals surface area contributed by atoms with Crippen LogP contribution in [0.4, 0.5) is 0 Å². The molecule has 3 heterocycles. The Kier molecular flexibility index (Phi) is 11.9. The van der Waals surface area contributed by atoms with Gasteiger partial charge in [0.1, 0.15) is 0 Å². The van der Waals surface area contributed by atoms with Gasteiger partial charge in [-0.15, -0.1) is 0 Å². The van der Waals surface area contributed by atoms with Crippen molar-refractivity contribution in [2.45, 2.75) is 6.42 Å². The van der Waals surface area contributed by atoms with E-state index in [2.05, 4.69) is 122 Å². The molecular weight excluding hydrogens is 865 g/mol. The van der Waals surface area contributed by atoms with Crippen LogP contribution in [-0.4, -0.2) is 34.5 Å². The molecule has 0 saturated carbocycles. The highest BCUT2D eigenvalue weighted by Crippen LogP contribution is 2.36. The first-order chi connectivity index (χ1) is 31.9. The van der Waals surface area contributed by atoms with Crippen LogP contribution in [0.15, 0.2) is 206 Å². The largest absolute Gasteiger partial charge is 0.278 e. The predicted octanol–water partition coefficient (Wildman–Crippen LogP) is 14.7. The van der Waals surface area contributed by atoms with Gasteiger partial charge in [-0.25, -0.2) is 0 Å². The van der Waals surface area contributed by atoms with Gasteiger partial charge in [-0.2, -0.15) is 29.9 Å². The lowest BCUT2D eigenvalue weighted by Gasteiger charge is -2.09. The first-order valence-electron chi connectivity index (χ1n) is 20.9. The molecule has 0 amide bonds. The molecular formula is C55H36Cl3N7. The number of aromatic nitrogens is 7. The van der Waals surface area contributed by atoms with Crippen molar-refractivity contribution in [2.75, 3.05) is 0 Å². The van der Waals surface area contributed by atoms with E-state index in [9.17, 15) is 0 Å². The van der Waals surface area contributed by atoms with E-state index in [-0.39, 0.29) is 15.9 Å². The van der Waals surface area contributed by atoms with Crippen molar-refractivity contribution in [3.63, 3.8) is 0 Å². The molecule has 65 heavy (non-hydrogen) atoms. The molecule has 312 valence electrons. The molecule has 0 aliphatic heterocycles. The highest BCUT2D eigenvalue weighted by atomic mass is 35.5. The van der Waals surface area contributed by atoms with E-state index in [0.717, 1.165) is 61.6 Å². The SMILES string of the molecule is Clc1nc(-c2cccc(-c3ccccc3)c2)nc(-n2c3ccccc3c3ccccc32)n1.Clc1nc(Cl)nc(-c2cccc(-c3ccccc3)c2)n1.c1ccc2c(c1)Cc1ccccc1-2. The van der Waals surface area contributed by atoms with Crippen molar-refractivity contribution in [3.8, 4) is 62.1 Å². The fraction of sp³-hybridized carbons (Fsp3) is 0.0182. The molecule has 1 aliphatic carbocycles. The third kappa shape index (κ3) is 8.99. The van der Waals surface area contributed by atoms with Gasteiger partial charge >= 0.3 is 0 Å². The van der Waals surface area contributed by atoms with E-state index in [1.54, 1.807) is 0 Å². The molecule has 12 rings (SSSR count). The van der Waals surface area contributed by atoms with Crippen molar-refractivity contribution in [1.29, 1.82) is 0 Å². The molecule has 0 spiro atoms.